The maximum atomic E-state index is 11.3. The van der Waals surface area contributed by atoms with Crippen LogP contribution in [0.4, 0.5) is 0 Å². The van der Waals surface area contributed by atoms with Crippen molar-refractivity contribution >= 4 is 11.8 Å². The van der Waals surface area contributed by atoms with Gasteiger partial charge < -0.3 is 32.3 Å². The fourth-order valence-corrected chi connectivity index (χ4v) is 3.69. The fourth-order valence-electron chi connectivity index (χ4n) is 3.69. The Labute approximate surface area is 176 Å². The van der Waals surface area contributed by atoms with Crippen LogP contribution in [0, 0.1) is 11.8 Å². The van der Waals surface area contributed by atoms with Crippen LogP contribution in [-0.2, 0) is 9.59 Å². The van der Waals surface area contributed by atoms with Crippen LogP contribution in [0.25, 0.3) is 0 Å². The van der Waals surface area contributed by atoms with Crippen molar-refractivity contribution < 1.29 is 19.8 Å². The third-order valence-electron chi connectivity index (χ3n) is 5.77. The molecule has 2 fully saturated rings. The number of nitrogens with two attached hydrogens (primary N) is 2. The summed E-state index contributed by atoms with van der Waals surface area (Å²) < 4.78 is 0. The molecule has 8 atom stereocenters. The van der Waals surface area contributed by atoms with Gasteiger partial charge in [0.25, 0.3) is 0 Å². The zero-order chi connectivity index (χ0) is 21.4. The zero-order valence-electron chi connectivity index (χ0n) is 17.7. The fraction of sp³-hybridized carbons (Fsp3) is 0.905. The first kappa shape index (κ1) is 27.8. The number of hydrogen-bond acceptors (Lipinski definition) is 6. The molecule has 0 unspecified atom stereocenters. The molecule has 0 spiro atoms. The molecular weight excluding hydrogens is 372 g/mol. The van der Waals surface area contributed by atoms with Crippen LogP contribution in [0.1, 0.15) is 73.6 Å². The van der Waals surface area contributed by atoms with Crippen molar-refractivity contribution in [2.75, 3.05) is 0 Å². The van der Waals surface area contributed by atoms with E-state index in [4.69, 9.17) is 11.5 Å². The van der Waals surface area contributed by atoms with Crippen molar-refractivity contribution in [3.8, 4) is 0 Å². The molecule has 172 valence electrons. The first-order chi connectivity index (χ1) is 13.0. The van der Waals surface area contributed by atoms with Gasteiger partial charge in [-0.15, -0.1) is 0 Å². The first-order valence-electron chi connectivity index (χ1n) is 10.5. The second-order valence-electron chi connectivity index (χ2n) is 8.70. The zero-order valence-corrected chi connectivity index (χ0v) is 17.7. The predicted molar refractivity (Wildman–Crippen MR) is 116 cm³/mol. The molecule has 8 nitrogen and oxygen atoms in total. The molecule has 2 rings (SSSR count). The van der Waals surface area contributed by atoms with Gasteiger partial charge in [-0.3, -0.25) is 9.59 Å². The lowest BCUT2D eigenvalue weighted by molar-refractivity contribution is -0.124. The monoisotopic (exact) mass is 416 g/mol. The Morgan fingerprint density at radius 1 is 0.793 bits per heavy atom. The molecule has 0 aromatic carbocycles. The van der Waals surface area contributed by atoms with Crippen LogP contribution in [0.15, 0.2) is 0 Å². The summed E-state index contributed by atoms with van der Waals surface area (Å²) >= 11 is 0. The first-order valence-corrected chi connectivity index (χ1v) is 10.5. The number of aliphatic hydroxyl groups excluding tert-OH is 2. The Morgan fingerprint density at radius 2 is 1.10 bits per heavy atom. The predicted octanol–water partition coefficient (Wildman–Crippen LogP) is 0.635. The maximum Gasteiger partial charge on any atom is 0.236 e. The second kappa shape index (κ2) is 13.2. The molecule has 0 aliphatic heterocycles. The third kappa shape index (κ3) is 9.89. The Balaban J connectivity index is 0.000000523. The van der Waals surface area contributed by atoms with Gasteiger partial charge in [0.15, 0.2) is 0 Å². The van der Waals surface area contributed by atoms with Crippen LogP contribution in [-0.4, -0.2) is 58.4 Å². The number of rotatable bonds is 4. The standard InChI is InChI=1S/2C10H20N2O2.CH4/c2*1-6-5-8(3-4-9(6)13)12-10(14)7(2)11;/h2*6-9,13H,3-5,11H2,1-2H3,(H,12,14);1H4/t6-,7+,8+,9-;6-,7-,8+,9-;/m01./s1. The second-order valence-corrected chi connectivity index (χ2v) is 8.70. The Hall–Kier alpha value is -1.22. The average molecular weight is 417 g/mol. The topological polar surface area (TPSA) is 151 Å². The lowest BCUT2D eigenvalue weighted by Gasteiger charge is -2.31. The third-order valence-corrected chi connectivity index (χ3v) is 5.77. The van der Waals surface area contributed by atoms with Crippen LogP contribution >= 0.6 is 0 Å². The van der Waals surface area contributed by atoms with Crippen molar-refractivity contribution in [2.45, 2.75) is 110 Å². The van der Waals surface area contributed by atoms with Crippen LogP contribution in [0.5, 0.6) is 0 Å². The lowest BCUT2D eigenvalue weighted by Crippen LogP contribution is -2.47. The average Bonchev–Trinajstić information content (AvgIpc) is 2.61. The molecule has 8 N–H and O–H groups in total. The summed E-state index contributed by atoms with van der Waals surface area (Å²) in [5, 5.41) is 24.8. The molecule has 0 heterocycles. The van der Waals surface area contributed by atoms with Gasteiger partial charge in [-0.2, -0.15) is 0 Å². The molecule has 8 heteroatoms. The van der Waals surface area contributed by atoms with Crippen molar-refractivity contribution in [1.82, 2.24) is 10.6 Å². The highest BCUT2D eigenvalue weighted by Gasteiger charge is 2.28. The van der Waals surface area contributed by atoms with E-state index in [1.54, 1.807) is 13.8 Å². The summed E-state index contributed by atoms with van der Waals surface area (Å²) in [6, 6.07) is -0.520. The van der Waals surface area contributed by atoms with Gasteiger partial charge in [0, 0.05) is 12.1 Å². The number of hydrogen-bond donors (Lipinski definition) is 6. The van der Waals surface area contributed by atoms with Gasteiger partial charge in [-0.25, -0.2) is 0 Å². The minimum atomic E-state index is -0.447. The largest absolute Gasteiger partial charge is 0.393 e. The summed E-state index contributed by atoms with van der Waals surface area (Å²) in [6.45, 7) is 7.37. The summed E-state index contributed by atoms with van der Waals surface area (Å²) in [4.78, 5) is 22.6. The molecule has 0 bridgehead atoms. The van der Waals surface area contributed by atoms with E-state index < -0.39 is 12.1 Å². The summed E-state index contributed by atoms with van der Waals surface area (Å²) in [5.74, 6) is 0.335. The van der Waals surface area contributed by atoms with E-state index in [1.807, 2.05) is 13.8 Å². The molecule has 29 heavy (non-hydrogen) atoms. The number of aliphatic hydroxyl groups is 2. The lowest BCUT2D eigenvalue weighted by atomic mass is 9.84. The molecule has 2 amide bonds. The SMILES string of the molecule is C.C[C@@H](N)C(=O)N[C@@H]1CC[C@H](O)[C@@H](C)C1.C[C@@H]1C[C@@H](NC(=O)[C@@H](C)N)CC[C@H]1O. The highest BCUT2D eigenvalue weighted by atomic mass is 16.3. The molecule has 2 aliphatic rings. The van der Waals surface area contributed by atoms with E-state index in [1.165, 1.54) is 0 Å². The van der Waals surface area contributed by atoms with E-state index in [2.05, 4.69) is 10.6 Å². The van der Waals surface area contributed by atoms with E-state index in [0.717, 1.165) is 38.5 Å². The number of nitrogens with one attached hydrogen (secondary N) is 2. The van der Waals surface area contributed by atoms with Crippen LogP contribution < -0.4 is 22.1 Å². The smallest absolute Gasteiger partial charge is 0.236 e. The van der Waals surface area contributed by atoms with Crippen molar-refractivity contribution in [3.63, 3.8) is 0 Å². The molecule has 0 radical (unpaired) electrons. The van der Waals surface area contributed by atoms with Crippen LogP contribution in [0.3, 0.4) is 0 Å². The highest BCUT2D eigenvalue weighted by Crippen LogP contribution is 2.25. The molecule has 0 aromatic heterocycles. The van der Waals surface area contributed by atoms with Crippen molar-refractivity contribution in [2.24, 2.45) is 23.3 Å². The maximum absolute atomic E-state index is 11.3. The molecule has 0 saturated heterocycles. The van der Waals surface area contributed by atoms with Gasteiger partial charge in [-0.1, -0.05) is 21.3 Å². The van der Waals surface area contributed by atoms with E-state index >= 15 is 0 Å². The Bertz CT molecular complexity index is 457. The van der Waals surface area contributed by atoms with E-state index in [9.17, 15) is 19.8 Å². The van der Waals surface area contributed by atoms with Gasteiger partial charge in [0.2, 0.25) is 11.8 Å². The minimum Gasteiger partial charge on any atom is -0.393 e. The molecule has 2 aliphatic carbocycles. The Morgan fingerprint density at radius 3 is 1.34 bits per heavy atom. The Kier molecular flexibility index (Phi) is 12.6. The minimum absolute atomic E-state index is 0. The summed E-state index contributed by atoms with van der Waals surface area (Å²) in [7, 11) is 0. The quantitative estimate of drug-likeness (QED) is 0.396. The van der Waals surface area contributed by atoms with Crippen LogP contribution in [0.2, 0.25) is 0 Å². The van der Waals surface area contributed by atoms with Crippen molar-refractivity contribution in [1.29, 1.82) is 0 Å². The normalized spacial score (nSPS) is 33.8. The number of amides is 2. The number of carbonyl (C=O) groups excluding carboxylic acids is 2. The summed E-state index contributed by atoms with van der Waals surface area (Å²) in [6.07, 6.45) is 4.51. The van der Waals surface area contributed by atoms with Gasteiger partial charge in [-0.05, 0) is 64.2 Å². The van der Waals surface area contributed by atoms with E-state index in [0.29, 0.717) is 0 Å². The molecule has 0 aromatic rings. The number of carbonyl (C=O) groups is 2. The van der Waals surface area contributed by atoms with Gasteiger partial charge in [0.1, 0.15) is 0 Å². The summed E-state index contributed by atoms with van der Waals surface area (Å²) in [5.41, 5.74) is 10.9. The van der Waals surface area contributed by atoms with Gasteiger partial charge >= 0.3 is 0 Å². The van der Waals surface area contributed by atoms with E-state index in [-0.39, 0.29) is 55.4 Å². The molecular formula is C21H44N4O4. The molecule has 2 saturated carbocycles. The highest BCUT2D eigenvalue weighted by molar-refractivity contribution is 5.81. The van der Waals surface area contributed by atoms with Crippen molar-refractivity contribution in [3.05, 3.63) is 0 Å². The van der Waals surface area contributed by atoms with Gasteiger partial charge in [0.05, 0.1) is 24.3 Å².